The largest absolute Gasteiger partial charge is 0.311 e. The molecule has 0 aliphatic rings. The van der Waals surface area contributed by atoms with E-state index >= 15 is 0 Å². The second-order valence-electron chi connectivity index (χ2n) is 1.06. The predicted molar refractivity (Wildman–Crippen MR) is 49.8 cm³/mol. The van der Waals surface area contributed by atoms with Crippen LogP contribution in [0.2, 0.25) is 0 Å². The zero-order valence-corrected chi connectivity index (χ0v) is 8.95. The van der Waals surface area contributed by atoms with Gasteiger partial charge in [0.05, 0.1) is 37.5 Å². The van der Waals surface area contributed by atoms with E-state index in [0.29, 0.717) is 0 Å². The Hall–Kier alpha value is 1.20. The van der Waals surface area contributed by atoms with Gasteiger partial charge in [0.2, 0.25) is 0 Å². The lowest BCUT2D eigenvalue weighted by Crippen LogP contribution is -1.67. The number of hydrogen-bond donors (Lipinski definition) is 0. The second-order valence-corrected chi connectivity index (χ2v) is 11.6. The van der Waals surface area contributed by atoms with Gasteiger partial charge in [-0.2, -0.15) is 0 Å². The molecule has 0 heterocycles. The molecule has 0 rings (SSSR count). The van der Waals surface area contributed by atoms with E-state index in [2.05, 4.69) is 14.6 Å². The summed E-state index contributed by atoms with van der Waals surface area (Å²) in [5.41, 5.74) is 0. The van der Waals surface area contributed by atoms with Crippen LogP contribution in [-0.2, 0) is 12.9 Å². The zero-order valence-electron chi connectivity index (χ0n) is 5.60. The van der Waals surface area contributed by atoms with Crippen LogP contribution in [0.4, 0.5) is 0 Å². The van der Waals surface area contributed by atoms with Crippen LogP contribution in [0, 0.1) is 6.26 Å². The third-order valence-corrected chi connectivity index (χ3v) is 8.50. The van der Waals surface area contributed by atoms with E-state index in [4.69, 9.17) is 0 Å². The Labute approximate surface area is 73.0 Å². The summed E-state index contributed by atoms with van der Waals surface area (Å²) in [6, 6.07) is 0. The topological polar surface area (TPSA) is 35.5 Å². The molecule has 0 bridgehead atoms. The molecule has 1 radical (unpaired) electrons. The minimum atomic E-state index is -2.51. The first-order valence-electron chi connectivity index (χ1n) is 2.17. The Morgan fingerprint density at radius 3 is 1.90 bits per heavy atom. The molecule has 0 saturated heterocycles. The standard InChI is InChI=1S/C3H8O3PS3/c1-5-9-7(4,8-3)10-6-2/h3H2,1-2H3. The van der Waals surface area contributed by atoms with Crippen LogP contribution >= 0.6 is 39.5 Å². The first-order chi connectivity index (χ1) is 4.68. The second kappa shape index (κ2) is 5.80. The highest BCUT2D eigenvalue weighted by Gasteiger charge is 2.24. The zero-order chi connectivity index (χ0) is 8.04. The number of rotatable bonds is 5. The summed E-state index contributed by atoms with van der Waals surface area (Å²) in [5.74, 6) is 0. The molecule has 0 spiro atoms. The molecule has 0 saturated carbocycles. The van der Waals surface area contributed by atoms with Crippen LogP contribution < -0.4 is 0 Å². The van der Waals surface area contributed by atoms with Crippen molar-refractivity contribution < 1.29 is 12.9 Å². The van der Waals surface area contributed by atoms with Crippen molar-refractivity contribution in [2.45, 2.75) is 0 Å². The van der Waals surface area contributed by atoms with Gasteiger partial charge in [-0.3, -0.25) is 4.57 Å². The van der Waals surface area contributed by atoms with Crippen molar-refractivity contribution in [3.8, 4) is 0 Å². The molecule has 3 nitrogen and oxygen atoms in total. The van der Waals surface area contributed by atoms with Gasteiger partial charge in [0.15, 0.2) is 0 Å². The first kappa shape index (κ1) is 11.2. The van der Waals surface area contributed by atoms with E-state index in [9.17, 15) is 4.57 Å². The van der Waals surface area contributed by atoms with Crippen molar-refractivity contribution in [2.75, 3.05) is 14.2 Å². The molecule has 10 heavy (non-hydrogen) atoms. The average Bonchev–Trinajstić information content (AvgIpc) is 1.89. The van der Waals surface area contributed by atoms with Gasteiger partial charge in [-0.15, -0.1) is 0 Å². The van der Waals surface area contributed by atoms with Crippen molar-refractivity contribution in [3.63, 3.8) is 0 Å². The third-order valence-electron chi connectivity index (χ3n) is 0.490. The number of hydrogen-bond acceptors (Lipinski definition) is 6. The minimum absolute atomic E-state index is 0.897. The molecule has 0 fully saturated rings. The Morgan fingerprint density at radius 1 is 1.30 bits per heavy atom. The molecule has 0 aliphatic heterocycles. The first-order valence-corrected chi connectivity index (χ1v) is 8.16. The molecular formula is C3H8O3PS3. The maximum absolute atomic E-state index is 11.4. The predicted octanol–water partition coefficient (Wildman–Crippen LogP) is 3.21. The van der Waals surface area contributed by atoms with Crippen LogP contribution in [0.1, 0.15) is 0 Å². The van der Waals surface area contributed by atoms with E-state index in [1.807, 2.05) is 0 Å². The summed E-state index contributed by atoms with van der Waals surface area (Å²) in [6.45, 7) is 0. The van der Waals surface area contributed by atoms with E-state index in [-0.39, 0.29) is 0 Å². The van der Waals surface area contributed by atoms with Gasteiger partial charge in [-0.05, 0) is 0 Å². The molecule has 61 valence electrons. The van der Waals surface area contributed by atoms with Gasteiger partial charge in [-0.25, -0.2) is 0 Å². The van der Waals surface area contributed by atoms with Gasteiger partial charge in [0, 0.05) is 6.26 Å². The van der Waals surface area contributed by atoms with Crippen molar-refractivity contribution in [2.24, 2.45) is 0 Å². The lowest BCUT2D eigenvalue weighted by atomic mass is 11.8. The average molecular weight is 219 g/mol. The summed E-state index contributed by atoms with van der Waals surface area (Å²) in [4.78, 5) is 0. The van der Waals surface area contributed by atoms with Crippen LogP contribution in [0.25, 0.3) is 0 Å². The summed E-state index contributed by atoms with van der Waals surface area (Å²) < 4.78 is 18.1. The smallest absolute Gasteiger partial charge is 0.295 e. The van der Waals surface area contributed by atoms with Crippen molar-refractivity contribution in [3.05, 3.63) is 6.26 Å². The molecular weight excluding hydrogens is 211 g/mol. The molecule has 0 amide bonds. The maximum Gasteiger partial charge on any atom is 0.295 e. The van der Waals surface area contributed by atoms with Crippen LogP contribution in [-0.4, -0.2) is 14.2 Å². The van der Waals surface area contributed by atoms with Gasteiger partial charge >= 0.3 is 0 Å². The SMILES string of the molecule is [CH2]SP(=O)(SOC)SOC. The normalized spacial score (nSPS) is 11.9. The van der Waals surface area contributed by atoms with Gasteiger partial charge in [-0.1, -0.05) is 11.4 Å². The van der Waals surface area contributed by atoms with Crippen LogP contribution in [0.15, 0.2) is 0 Å². The lowest BCUT2D eigenvalue weighted by molar-refractivity contribution is 0.491. The summed E-state index contributed by atoms with van der Waals surface area (Å²) in [7, 11) is 2.92. The Bertz CT molecular complexity index is 120. The monoisotopic (exact) mass is 219 g/mol. The van der Waals surface area contributed by atoms with Crippen LogP contribution in [0.3, 0.4) is 0 Å². The van der Waals surface area contributed by atoms with E-state index in [1.165, 1.54) is 14.2 Å². The molecule has 0 unspecified atom stereocenters. The molecule has 0 aromatic carbocycles. The van der Waals surface area contributed by atoms with Crippen molar-refractivity contribution >= 4 is 39.5 Å². The minimum Gasteiger partial charge on any atom is -0.311 e. The molecule has 0 aromatic rings. The molecule has 0 aliphatic carbocycles. The fourth-order valence-corrected chi connectivity index (χ4v) is 5.33. The maximum atomic E-state index is 11.4. The van der Waals surface area contributed by atoms with E-state index < -0.39 is 4.75 Å². The fraction of sp³-hybridized carbons (Fsp3) is 0.667. The van der Waals surface area contributed by atoms with Crippen LogP contribution in [0.5, 0.6) is 0 Å². The summed E-state index contributed by atoms with van der Waals surface area (Å²) in [6.07, 6.45) is 3.45. The Balaban J connectivity index is 3.83. The molecule has 0 N–H and O–H groups in total. The third kappa shape index (κ3) is 4.16. The quantitative estimate of drug-likeness (QED) is 0.522. The van der Waals surface area contributed by atoms with E-state index in [0.717, 1.165) is 34.7 Å². The molecule has 0 aromatic heterocycles. The Morgan fingerprint density at radius 2 is 1.70 bits per heavy atom. The fourth-order valence-electron chi connectivity index (χ4n) is 0.238. The highest BCUT2D eigenvalue weighted by Crippen LogP contribution is 2.77. The highest BCUT2D eigenvalue weighted by atomic mass is 33.4. The Kier molecular flexibility index (Phi) is 6.50. The highest BCUT2D eigenvalue weighted by molar-refractivity contribution is 9.13. The van der Waals surface area contributed by atoms with Gasteiger partial charge < -0.3 is 8.37 Å². The molecule has 7 heteroatoms. The van der Waals surface area contributed by atoms with Crippen molar-refractivity contribution in [1.29, 1.82) is 0 Å². The van der Waals surface area contributed by atoms with Gasteiger partial charge in [0.1, 0.15) is 0 Å². The van der Waals surface area contributed by atoms with Crippen molar-refractivity contribution in [1.82, 2.24) is 0 Å². The summed E-state index contributed by atoms with van der Waals surface area (Å²) in [5, 5.41) is 0. The lowest BCUT2D eigenvalue weighted by Gasteiger charge is -2.08. The molecule has 0 atom stereocenters. The van der Waals surface area contributed by atoms with Gasteiger partial charge in [0.25, 0.3) is 4.75 Å². The van der Waals surface area contributed by atoms with E-state index in [1.54, 1.807) is 0 Å². The summed E-state index contributed by atoms with van der Waals surface area (Å²) >= 11 is 2.80.